The molecule has 1 aromatic carbocycles. The van der Waals surface area contributed by atoms with E-state index < -0.39 is 5.97 Å². The number of likely N-dealkylation sites (tertiary alicyclic amines) is 1. The van der Waals surface area contributed by atoms with Gasteiger partial charge in [0.1, 0.15) is 11.6 Å². The lowest BCUT2D eigenvalue weighted by Crippen LogP contribution is -2.36. The van der Waals surface area contributed by atoms with Crippen molar-refractivity contribution in [1.29, 1.82) is 5.26 Å². The van der Waals surface area contributed by atoms with Crippen LogP contribution in [0.4, 0.5) is 0 Å². The SMILES string of the molecule is N#C/C(=C/NCc1ccc(C(=O)O)cc1)C(=O)N1CCCCC1. The van der Waals surface area contributed by atoms with Crippen LogP contribution in [0.2, 0.25) is 0 Å². The van der Waals surface area contributed by atoms with Gasteiger partial charge in [-0.3, -0.25) is 4.79 Å². The second-order valence-corrected chi connectivity index (χ2v) is 5.41. The van der Waals surface area contributed by atoms with E-state index in [2.05, 4.69) is 5.32 Å². The van der Waals surface area contributed by atoms with E-state index in [-0.39, 0.29) is 17.0 Å². The van der Waals surface area contributed by atoms with Gasteiger partial charge in [-0.2, -0.15) is 5.26 Å². The molecule has 6 heteroatoms. The molecule has 0 radical (unpaired) electrons. The number of benzene rings is 1. The second-order valence-electron chi connectivity index (χ2n) is 5.41. The van der Waals surface area contributed by atoms with E-state index >= 15 is 0 Å². The third-order valence-electron chi connectivity index (χ3n) is 3.75. The first-order valence-corrected chi connectivity index (χ1v) is 7.57. The molecule has 23 heavy (non-hydrogen) atoms. The number of carboxylic acids is 1. The van der Waals surface area contributed by atoms with Crippen LogP contribution in [0.5, 0.6) is 0 Å². The van der Waals surface area contributed by atoms with Crippen LogP contribution in [0, 0.1) is 11.3 Å². The summed E-state index contributed by atoms with van der Waals surface area (Å²) in [4.78, 5) is 24.7. The molecule has 2 N–H and O–H groups in total. The predicted molar refractivity (Wildman–Crippen MR) is 84.4 cm³/mol. The van der Waals surface area contributed by atoms with Crippen molar-refractivity contribution in [2.45, 2.75) is 25.8 Å². The number of carbonyl (C=O) groups excluding carboxylic acids is 1. The van der Waals surface area contributed by atoms with Crippen molar-refractivity contribution in [2.24, 2.45) is 0 Å². The molecule has 0 atom stereocenters. The van der Waals surface area contributed by atoms with Crippen LogP contribution in [0.3, 0.4) is 0 Å². The highest BCUT2D eigenvalue weighted by Crippen LogP contribution is 2.11. The predicted octanol–water partition coefficient (Wildman–Crippen LogP) is 1.89. The molecule has 1 amide bonds. The Kier molecular flexibility index (Phi) is 5.75. The summed E-state index contributed by atoms with van der Waals surface area (Å²) in [5, 5.41) is 20.9. The molecule has 1 aromatic rings. The number of carbonyl (C=O) groups is 2. The molecule has 1 aliphatic heterocycles. The molecule has 0 bridgehead atoms. The van der Waals surface area contributed by atoms with Gasteiger partial charge >= 0.3 is 5.97 Å². The summed E-state index contributed by atoms with van der Waals surface area (Å²) >= 11 is 0. The number of carboxylic acid groups (broad SMARTS) is 1. The number of nitriles is 1. The fraction of sp³-hybridized carbons (Fsp3) is 0.353. The molecule has 0 aromatic heterocycles. The van der Waals surface area contributed by atoms with Gasteiger partial charge < -0.3 is 15.3 Å². The summed E-state index contributed by atoms with van der Waals surface area (Å²) in [6.45, 7) is 1.82. The summed E-state index contributed by atoms with van der Waals surface area (Å²) in [5.74, 6) is -1.20. The number of rotatable bonds is 5. The number of nitrogens with zero attached hydrogens (tertiary/aromatic N) is 2. The van der Waals surface area contributed by atoms with Gasteiger partial charge in [-0.05, 0) is 37.0 Å². The maximum Gasteiger partial charge on any atom is 0.335 e. The van der Waals surface area contributed by atoms with Crippen molar-refractivity contribution in [3.63, 3.8) is 0 Å². The average molecular weight is 313 g/mol. The Labute approximate surface area is 135 Å². The number of aromatic carboxylic acids is 1. The first-order chi connectivity index (χ1) is 11.1. The van der Waals surface area contributed by atoms with E-state index in [1.165, 1.54) is 18.3 Å². The average Bonchev–Trinajstić information content (AvgIpc) is 2.59. The van der Waals surface area contributed by atoms with E-state index in [1.54, 1.807) is 17.0 Å². The number of hydrogen-bond donors (Lipinski definition) is 2. The van der Waals surface area contributed by atoms with Gasteiger partial charge in [0.15, 0.2) is 0 Å². The van der Waals surface area contributed by atoms with Crippen LogP contribution in [-0.2, 0) is 11.3 Å². The van der Waals surface area contributed by atoms with Gasteiger partial charge in [0.2, 0.25) is 0 Å². The lowest BCUT2D eigenvalue weighted by molar-refractivity contribution is -0.127. The Morgan fingerprint density at radius 2 is 1.87 bits per heavy atom. The van der Waals surface area contributed by atoms with Gasteiger partial charge in [0.25, 0.3) is 5.91 Å². The van der Waals surface area contributed by atoms with Crippen LogP contribution in [0.25, 0.3) is 0 Å². The summed E-state index contributed by atoms with van der Waals surface area (Å²) in [5.41, 5.74) is 1.19. The standard InChI is InChI=1S/C17H19N3O3/c18-10-15(16(21)20-8-2-1-3-9-20)12-19-11-13-4-6-14(7-5-13)17(22)23/h4-7,12,19H,1-3,8-9,11H2,(H,22,23)/b15-12-. The molecule has 1 heterocycles. The molecule has 0 saturated carbocycles. The quantitative estimate of drug-likeness (QED) is 0.639. The Hall–Kier alpha value is -2.81. The molecule has 2 rings (SSSR count). The number of piperidine rings is 1. The zero-order valence-corrected chi connectivity index (χ0v) is 12.8. The molecule has 0 unspecified atom stereocenters. The smallest absolute Gasteiger partial charge is 0.335 e. The molecule has 1 aliphatic rings. The fourth-order valence-electron chi connectivity index (χ4n) is 2.45. The molecule has 1 fully saturated rings. The largest absolute Gasteiger partial charge is 0.478 e. The Morgan fingerprint density at radius 3 is 2.43 bits per heavy atom. The van der Waals surface area contributed by atoms with Gasteiger partial charge in [0.05, 0.1) is 5.56 Å². The van der Waals surface area contributed by atoms with Crippen molar-refractivity contribution in [1.82, 2.24) is 10.2 Å². The third-order valence-corrected chi connectivity index (χ3v) is 3.75. The second kappa shape index (κ2) is 7.99. The highest BCUT2D eigenvalue weighted by Gasteiger charge is 2.19. The maximum atomic E-state index is 12.2. The minimum atomic E-state index is -0.969. The summed E-state index contributed by atoms with van der Waals surface area (Å²) in [6, 6.07) is 8.38. The van der Waals surface area contributed by atoms with Crippen LogP contribution in [-0.4, -0.2) is 35.0 Å². The minimum absolute atomic E-state index is 0.0917. The van der Waals surface area contributed by atoms with Crippen LogP contribution in [0.15, 0.2) is 36.0 Å². The normalized spacial score (nSPS) is 14.9. The minimum Gasteiger partial charge on any atom is -0.478 e. The van der Waals surface area contributed by atoms with E-state index in [9.17, 15) is 9.59 Å². The topological polar surface area (TPSA) is 93.4 Å². The molecule has 1 saturated heterocycles. The maximum absolute atomic E-state index is 12.2. The van der Waals surface area contributed by atoms with Gasteiger partial charge in [-0.15, -0.1) is 0 Å². The summed E-state index contributed by atoms with van der Waals surface area (Å²) in [7, 11) is 0. The zero-order chi connectivity index (χ0) is 16.7. The van der Waals surface area contributed by atoms with Crippen LogP contribution in [0.1, 0.15) is 35.2 Å². The molecular weight excluding hydrogens is 294 g/mol. The van der Waals surface area contributed by atoms with Gasteiger partial charge in [0, 0.05) is 25.8 Å². The number of hydrogen-bond acceptors (Lipinski definition) is 4. The van der Waals surface area contributed by atoms with Gasteiger partial charge in [-0.1, -0.05) is 12.1 Å². The lowest BCUT2D eigenvalue weighted by atomic mass is 10.1. The van der Waals surface area contributed by atoms with Gasteiger partial charge in [-0.25, -0.2) is 4.79 Å². The van der Waals surface area contributed by atoms with Crippen molar-refractivity contribution in [2.75, 3.05) is 13.1 Å². The summed E-state index contributed by atoms with van der Waals surface area (Å²) < 4.78 is 0. The first kappa shape index (κ1) is 16.6. The van der Waals surface area contributed by atoms with E-state index in [4.69, 9.17) is 10.4 Å². The van der Waals surface area contributed by atoms with E-state index in [1.807, 2.05) is 6.07 Å². The molecular formula is C17H19N3O3. The molecule has 0 aliphatic carbocycles. The molecule has 120 valence electrons. The fourth-order valence-corrected chi connectivity index (χ4v) is 2.45. The van der Waals surface area contributed by atoms with Crippen LogP contribution < -0.4 is 5.32 Å². The Balaban J connectivity index is 1.93. The number of nitrogens with one attached hydrogen (secondary N) is 1. The monoisotopic (exact) mass is 313 g/mol. The molecule has 0 spiro atoms. The third kappa shape index (κ3) is 4.58. The van der Waals surface area contributed by atoms with Crippen molar-refractivity contribution in [3.8, 4) is 6.07 Å². The molecule has 6 nitrogen and oxygen atoms in total. The highest BCUT2D eigenvalue weighted by molar-refractivity contribution is 5.97. The van der Waals surface area contributed by atoms with E-state index in [0.717, 1.165) is 24.8 Å². The Bertz CT molecular complexity index is 638. The lowest BCUT2D eigenvalue weighted by Gasteiger charge is -2.26. The van der Waals surface area contributed by atoms with Crippen molar-refractivity contribution >= 4 is 11.9 Å². The number of amides is 1. The van der Waals surface area contributed by atoms with Crippen molar-refractivity contribution in [3.05, 3.63) is 47.2 Å². The first-order valence-electron chi connectivity index (χ1n) is 7.57. The highest BCUT2D eigenvalue weighted by atomic mass is 16.4. The van der Waals surface area contributed by atoms with Crippen LogP contribution >= 0.6 is 0 Å². The Morgan fingerprint density at radius 1 is 1.22 bits per heavy atom. The van der Waals surface area contributed by atoms with E-state index in [0.29, 0.717) is 19.6 Å². The zero-order valence-electron chi connectivity index (χ0n) is 12.8. The summed E-state index contributed by atoms with van der Waals surface area (Å²) in [6.07, 6.45) is 4.52. The van der Waals surface area contributed by atoms with Crippen molar-refractivity contribution < 1.29 is 14.7 Å².